The van der Waals surface area contributed by atoms with E-state index in [1.54, 1.807) is 0 Å². The lowest BCUT2D eigenvalue weighted by atomic mass is 10.1. The van der Waals surface area contributed by atoms with Gasteiger partial charge in [0.25, 0.3) is 0 Å². The van der Waals surface area contributed by atoms with Crippen LogP contribution < -0.4 is 5.32 Å². The van der Waals surface area contributed by atoms with Gasteiger partial charge in [-0.25, -0.2) is 0 Å². The molecule has 3 nitrogen and oxygen atoms in total. The fraction of sp³-hybridized carbons (Fsp3) is 0.562. The van der Waals surface area contributed by atoms with Crippen LogP contribution in [0.3, 0.4) is 0 Å². The van der Waals surface area contributed by atoms with Gasteiger partial charge in [-0.1, -0.05) is 24.3 Å². The summed E-state index contributed by atoms with van der Waals surface area (Å²) in [5.41, 5.74) is 2.54. The second-order valence-electron chi connectivity index (χ2n) is 5.42. The quantitative estimate of drug-likeness (QED) is 0.902. The predicted molar refractivity (Wildman–Crippen MR) is 77.9 cm³/mol. The zero-order chi connectivity index (χ0) is 13.7. The van der Waals surface area contributed by atoms with E-state index in [0.29, 0.717) is 0 Å². The minimum Gasteiger partial charge on any atom is -0.341 e. The monoisotopic (exact) mass is 260 g/mol. The Morgan fingerprint density at radius 1 is 1.26 bits per heavy atom. The van der Waals surface area contributed by atoms with Crippen molar-refractivity contribution in [3.63, 3.8) is 0 Å². The van der Waals surface area contributed by atoms with Gasteiger partial charge in [0.1, 0.15) is 0 Å². The van der Waals surface area contributed by atoms with Gasteiger partial charge in [0, 0.05) is 19.6 Å². The summed E-state index contributed by atoms with van der Waals surface area (Å²) < 4.78 is 0. The molecular weight excluding hydrogens is 236 g/mol. The Balaban J connectivity index is 1.85. The number of nitrogens with one attached hydrogen (secondary N) is 1. The smallest absolute Gasteiger partial charge is 0.239 e. The van der Waals surface area contributed by atoms with Crippen LogP contribution in [0, 0.1) is 6.92 Å². The second kappa shape index (κ2) is 6.71. The third kappa shape index (κ3) is 3.80. The molecule has 1 fully saturated rings. The van der Waals surface area contributed by atoms with Crippen molar-refractivity contribution < 1.29 is 4.79 Å². The molecular formula is C16H24N2O. The highest BCUT2D eigenvalue weighted by atomic mass is 16.2. The van der Waals surface area contributed by atoms with E-state index in [1.165, 1.54) is 17.5 Å². The summed E-state index contributed by atoms with van der Waals surface area (Å²) in [5, 5.41) is 3.35. The molecule has 0 saturated carbocycles. The average molecular weight is 260 g/mol. The predicted octanol–water partition coefficient (Wildman–Crippen LogP) is 2.49. The highest BCUT2D eigenvalue weighted by Crippen LogP contribution is 2.11. The fourth-order valence-electron chi connectivity index (χ4n) is 2.55. The van der Waals surface area contributed by atoms with Crippen molar-refractivity contribution in [3.8, 4) is 0 Å². The number of hydrogen-bond acceptors (Lipinski definition) is 2. The first-order valence-corrected chi connectivity index (χ1v) is 7.25. The standard InChI is InChI=1S/C16H24N2O/c1-13-8-4-5-9-15(13)12-17-14(2)16(19)18-10-6-3-7-11-18/h4-5,8-9,14,17H,3,6-7,10-12H2,1-2H3/t14-/m1/s1. The van der Waals surface area contributed by atoms with Crippen molar-refractivity contribution in [1.82, 2.24) is 10.2 Å². The Labute approximate surface area is 116 Å². The van der Waals surface area contributed by atoms with Crippen LogP contribution in [0.2, 0.25) is 0 Å². The van der Waals surface area contributed by atoms with Gasteiger partial charge >= 0.3 is 0 Å². The molecule has 0 aromatic heterocycles. The van der Waals surface area contributed by atoms with Gasteiger partial charge in [0.2, 0.25) is 5.91 Å². The molecule has 3 heteroatoms. The van der Waals surface area contributed by atoms with Crippen LogP contribution in [0.1, 0.15) is 37.3 Å². The van der Waals surface area contributed by atoms with Crippen LogP contribution >= 0.6 is 0 Å². The van der Waals surface area contributed by atoms with Crippen molar-refractivity contribution in [3.05, 3.63) is 35.4 Å². The SMILES string of the molecule is Cc1ccccc1CN[C@H](C)C(=O)N1CCCCC1. The third-order valence-corrected chi connectivity index (χ3v) is 3.90. The molecule has 1 N–H and O–H groups in total. The summed E-state index contributed by atoms with van der Waals surface area (Å²) in [7, 11) is 0. The minimum atomic E-state index is -0.0993. The van der Waals surface area contributed by atoms with E-state index in [2.05, 4.69) is 24.4 Å². The number of benzene rings is 1. The maximum absolute atomic E-state index is 12.3. The van der Waals surface area contributed by atoms with E-state index in [-0.39, 0.29) is 11.9 Å². The first-order valence-electron chi connectivity index (χ1n) is 7.25. The lowest BCUT2D eigenvalue weighted by Crippen LogP contribution is -2.46. The van der Waals surface area contributed by atoms with Gasteiger partial charge in [0.05, 0.1) is 6.04 Å². The van der Waals surface area contributed by atoms with Crippen LogP contribution in [0.25, 0.3) is 0 Å². The van der Waals surface area contributed by atoms with Gasteiger partial charge in [-0.05, 0) is 44.2 Å². The highest BCUT2D eigenvalue weighted by Gasteiger charge is 2.21. The molecule has 1 heterocycles. The molecule has 19 heavy (non-hydrogen) atoms. The number of hydrogen-bond donors (Lipinski definition) is 1. The molecule has 0 radical (unpaired) electrons. The van der Waals surface area contributed by atoms with Gasteiger partial charge in [0.15, 0.2) is 0 Å². The van der Waals surface area contributed by atoms with Crippen LogP contribution in [0.15, 0.2) is 24.3 Å². The van der Waals surface area contributed by atoms with E-state index in [9.17, 15) is 4.79 Å². The van der Waals surface area contributed by atoms with E-state index >= 15 is 0 Å². The molecule has 0 spiro atoms. The first kappa shape index (κ1) is 14.1. The number of carbonyl (C=O) groups is 1. The zero-order valence-corrected chi connectivity index (χ0v) is 12.0. The van der Waals surface area contributed by atoms with Crippen LogP contribution in [-0.4, -0.2) is 29.9 Å². The van der Waals surface area contributed by atoms with Gasteiger partial charge < -0.3 is 10.2 Å². The Morgan fingerprint density at radius 2 is 1.95 bits per heavy atom. The van der Waals surface area contributed by atoms with E-state index < -0.39 is 0 Å². The summed E-state index contributed by atoms with van der Waals surface area (Å²) in [6.45, 7) is 6.68. The average Bonchev–Trinajstić information content (AvgIpc) is 2.46. The first-order chi connectivity index (χ1) is 9.18. The Kier molecular flexibility index (Phi) is 4.97. The summed E-state index contributed by atoms with van der Waals surface area (Å²) in [4.78, 5) is 14.3. The number of nitrogens with zero attached hydrogens (tertiary/aromatic N) is 1. The highest BCUT2D eigenvalue weighted by molar-refractivity contribution is 5.81. The topological polar surface area (TPSA) is 32.3 Å². The van der Waals surface area contributed by atoms with Crippen molar-refractivity contribution in [2.24, 2.45) is 0 Å². The number of amides is 1. The molecule has 1 amide bonds. The maximum atomic E-state index is 12.3. The summed E-state index contributed by atoms with van der Waals surface area (Å²) in [5.74, 6) is 0.244. The lowest BCUT2D eigenvalue weighted by molar-refractivity contribution is -0.133. The van der Waals surface area contributed by atoms with Gasteiger partial charge in [-0.2, -0.15) is 0 Å². The number of piperidine rings is 1. The van der Waals surface area contributed by atoms with Crippen molar-refractivity contribution in [2.45, 2.75) is 45.7 Å². The summed E-state index contributed by atoms with van der Waals surface area (Å²) in [6.07, 6.45) is 3.56. The summed E-state index contributed by atoms with van der Waals surface area (Å²) >= 11 is 0. The molecule has 1 aromatic rings. The van der Waals surface area contributed by atoms with E-state index in [4.69, 9.17) is 0 Å². The molecule has 0 unspecified atom stereocenters. The molecule has 1 aromatic carbocycles. The van der Waals surface area contributed by atoms with Crippen molar-refractivity contribution in [2.75, 3.05) is 13.1 Å². The molecule has 104 valence electrons. The fourth-order valence-corrected chi connectivity index (χ4v) is 2.55. The Bertz CT molecular complexity index is 425. The largest absolute Gasteiger partial charge is 0.341 e. The third-order valence-electron chi connectivity index (χ3n) is 3.90. The van der Waals surface area contributed by atoms with Gasteiger partial charge in [-0.15, -0.1) is 0 Å². The molecule has 1 saturated heterocycles. The number of carbonyl (C=O) groups excluding carboxylic acids is 1. The second-order valence-corrected chi connectivity index (χ2v) is 5.42. The Hall–Kier alpha value is -1.35. The lowest BCUT2D eigenvalue weighted by Gasteiger charge is -2.29. The van der Waals surface area contributed by atoms with Crippen LogP contribution in [0.5, 0.6) is 0 Å². The van der Waals surface area contributed by atoms with E-state index in [1.807, 2.05) is 24.0 Å². The van der Waals surface area contributed by atoms with E-state index in [0.717, 1.165) is 32.5 Å². The van der Waals surface area contributed by atoms with Crippen LogP contribution in [0.4, 0.5) is 0 Å². The van der Waals surface area contributed by atoms with Gasteiger partial charge in [-0.3, -0.25) is 4.79 Å². The number of likely N-dealkylation sites (tertiary alicyclic amines) is 1. The zero-order valence-electron chi connectivity index (χ0n) is 12.0. The molecule has 1 aliphatic rings. The minimum absolute atomic E-state index is 0.0993. The molecule has 0 bridgehead atoms. The molecule has 2 rings (SSSR count). The van der Waals surface area contributed by atoms with Crippen LogP contribution in [-0.2, 0) is 11.3 Å². The normalized spacial score (nSPS) is 17.3. The maximum Gasteiger partial charge on any atom is 0.239 e. The number of rotatable bonds is 4. The summed E-state index contributed by atoms with van der Waals surface area (Å²) in [6, 6.07) is 8.20. The number of aryl methyl sites for hydroxylation is 1. The molecule has 1 atom stereocenters. The van der Waals surface area contributed by atoms with Crippen molar-refractivity contribution >= 4 is 5.91 Å². The Morgan fingerprint density at radius 3 is 2.63 bits per heavy atom. The molecule has 1 aliphatic heterocycles. The van der Waals surface area contributed by atoms with Crippen molar-refractivity contribution in [1.29, 1.82) is 0 Å². The molecule has 0 aliphatic carbocycles.